The van der Waals surface area contributed by atoms with Crippen LogP contribution in [0.4, 0.5) is 0 Å². The smallest absolute Gasteiger partial charge is 0.220 e. The number of nitrogens with one attached hydrogen (secondary N) is 2. The predicted molar refractivity (Wildman–Crippen MR) is 57.4 cm³/mol. The molecular weight excluding hydrogens is 192 g/mol. The second kappa shape index (κ2) is 4.94. The van der Waals surface area contributed by atoms with E-state index in [4.69, 9.17) is 0 Å². The molecule has 1 saturated heterocycles. The van der Waals surface area contributed by atoms with Gasteiger partial charge in [0.15, 0.2) is 0 Å². The van der Waals surface area contributed by atoms with Gasteiger partial charge in [-0.25, -0.2) is 0 Å². The van der Waals surface area contributed by atoms with Gasteiger partial charge in [-0.2, -0.15) is 0 Å². The molecule has 0 aromatic carbocycles. The van der Waals surface area contributed by atoms with E-state index in [2.05, 4.69) is 10.6 Å². The maximum Gasteiger partial charge on any atom is 0.220 e. The molecule has 1 aliphatic carbocycles. The number of aliphatic hydroxyl groups excluding tert-OH is 1. The average Bonchev–Trinajstić information content (AvgIpc) is 2.25. The topological polar surface area (TPSA) is 61.4 Å². The lowest BCUT2D eigenvalue weighted by Gasteiger charge is -2.33. The number of hydrogen-bond donors (Lipinski definition) is 3. The average molecular weight is 212 g/mol. The van der Waals surface area contributed by atoms with Crippen molar-refractivity contribution in [2.24, 2.45) is 0 Å². The Balaban J connectivity index is 1.78. The Bertz CT molecular complexity index is 223. The van der Waals surface area contributed by atoms with Gasteiger partial charge in [0.1, 0.15) is 0 Å². The van der Waals surface area contributed by atoms with E-state index in [1.54, 1.807) is 0 Å². The van der Waals surface area contributed by atoms with Crippen LogP contribution in [-0.4, -0.2) is 35.7 Å². The van der Waals surface area contributed by atoms with Crippen molar-refractivity contribution >= 4 is 5.91 Å². The van der Waals surface area contributed by atoms with Crippen molar-refractivity contribution in [2.75, 3.05) is 6.54 Å². The minimum atomic E-state index is -0.198. The Kier molecular flexibility index (Phi) is 3.59. The molecule has 86 valence electrons. The first-order chi connectivity index (χ1) is 7.25. The highest BCUT2D eigenvalue weighted by Gasteiger charge is 2.26. The number of aliphatic hydroxyl groups is 1. The van der Waals surface area contributed by atoms with Crippen LogP contribution in [0.25, 0.3) is 0 Å². The lowest BCUT2D eigenvalue weighted by molar-refractivity contribution is -0.122. The highest BCUT2D eigenvalue weighted by atomic mass is 16.3. The summed E-state index contributed by atoms with van der Waals surface area (Å²) in [7, 11) is 0. The molecule has 0 aromatic rings. The maximum atomic E-state index is 11.0. The fraction of sp³-hybridized carbons (Fsp3) is 0.909. The molecule has 1 saturated carbocycles. The third kappa shape index (κ3) is 2.92. The van der Waals surface area contributed by atoms with Crippen LogP contribution in [0.1, 0.15) is 38.5 Å². The number of amides is 1. The van der Waals surface area contributed by atoms with E-state index in [0.29, 0.717) is 19.0 Å². The lowest BCUT2D eigenvalue weighted by atomic mass is 9.91. The molecule has 15 heavy (non-hydrogen) atoms. The van der Waals surface area contributed by atoms with Gasteiger partial charge in [-0.1, -0.05) is 12.8 Å². The molecule has 3 atom stereocenters. The number of carbonyl (C=O) groups excluding carboxylic acids is 1. The molecule has 1 aliphatic heterocycles. The Hall–Kier alpha value is -0.610. The van der Waals surface area contributed by atoms with Crippen molar-refractivity contribution in [2.45, 2.75) is 56.7 Å². The minimum Gasteiger partial charge on any atom is -0.392 e. The first-order valence-corrected chi connectivity index (χ1v) is 5.96. The van der Waals surface area contributed by atoms with Crippen LogP contribution in [0.5, 0.6) is 0 Å². The van der Waals surface area contributed by atoms with Crippen LogP contribution >= 0.6 is 0 Å². The highest BCUT2D eigenvalue weighted by molar-refractivity contribution is 5.76. The summed E-state index contributed by atoms with van der Waals surface area (Å²) in [6, 6.07) is 0.583. The van der Waals surface area contributed by atoms with Gasteiger partial charge in [0.25, 0.3) is 0 Å². The molecule has 2 aliphatic rings. The minimum absolute atomic E-state index is 0.150. The molecule has 0 spiro atoms. The van der Waals surface area contributed by atoms with Crippen LogP contribution in [0.3, 0.4) is 0 Å². The van der Waals surface area contributed by atoms with Crippen molar-refractivity contribution < 1.29 is 9.90 Å². The van der Waals surface area contributed by atoms with Gasteiger partial charge >= 0.3 is 0 Å². The molecule has 2 rings (SSSR count). The Morgan fingerprint density at radius 3 is 2.73 bits per heavy atom. The highest BCUT2D eigenvalue weighted by Crippen LogP contribution is 2.19. The summed E-state index contributed by atoms with van der Waals surface area (Å²) in [5.41, 5.74) is 0. The SMILES string of the molecule is O=C1CCC(NC2CCCCC2O)CN1. The summed E-state index contributed by atoms with van der Waals surface area (Å²) in [5.74, 6) is 0.150. The summed E-state index contributed by atoms with van der Waals surface area (Å²) in [4.78, 5) is 11.0. The first-order valence-electron chi connectivity index (χ1n) is 5.96. The van der Waals surface area contributed by atoms with Crippen LogP contribution in [0.15, 0.2) is 0 Å². The summed E-state index contributed by atoms with van der Waals surface area (Å²) in [5, 5.41) is 16.1. The maximum absolute atomic E-state index is 11.0. The van der Waals surface area contributed by atoms with Crippen LogP contribution in [0, 0.1) is 0 Å². The van der Waals surface area contributed by atoms with E-state index < -0.39 is 0 Å². The van der Waals surface area contributed by atoms with Crippen molar-refractivity contribution in [3.05, 3.63) is 0 Å². The van der Waals surface area contributed by atoms with Crippen LogP contribution in [0.2, 0.25) is 0 Å². The lowest BCUT2D eigenvalue weighted by Crippen LogP contribution is -2.53. The summed E-state index contributed by atoms with van der Waals surface area (Å²) in [6.45, 7) is 0.710. The first kappa shape index (κ1) is 10.9. The Morgan fingerprint density at radius 1 is 1.27 bits per heavy atom. The van der Waals surface area contributed by atoms with Gasteiger partial charge < -0.3 is 15.7 Å². The van der Waals surface area contributed by atoms with E-state index in [-0.39, 0.29) is 18.1 Å². The molecule has 2 fully saturated rings. The molecule has 1 heterocycles. The summed E-state index contributed by atoms with van der Waals surface area (Å²) < 4.78 is 0. The van der Waals surface area contributed by atoms with Gasteiger partial charge in [-0.3, -0.25) is 4.79 Å². The van der Waals surface area contributed by atoms with E-state index in [0.717, 1.165) is 25.7 Å². The Morgan fingerprint density at radius 2 is 2.07 bits per heavy atom. The van der Waals surface area contributed by atoms with Crippen molar-refractivity contribution in [1.82, 2.24) is 10.6 Å². The van der Waals surface area contributed by atoms with Crippen LogP contribution in [-0.2, 0) is 4.79 Å². The predicted octanol–water partition coefficient (Wildman–Crippen LogP) is 0.158. The molecule has 0 bridgehead atoms. The summed E-state index contributed by atoms with van der Waals surface area (Å²) >= 11 is 0. The van der Waals surface area contributed by atoms with Crippen molar-refractivity contribution in [1.29, 1.82) is 0 Å². The fourth-order valence-electron chi connectivity index (χ4n) is 2.48. The molecular formula is C11H20N2O2. The zero-order valence-corrected chi connectivity index (χ0v) is 9.04. The Labute approximate surface area is 90.4 Å². The molecule has 1 amide bonds. The van der Waals surface area contributed by atoms with Crippen LogP contribution < -0.4 is 10.6 Å². The summed E-state index contributed by atoms with van der Waals surface area (Å²) in [6.07, 6.45) is 5.63. The third-order valence-electron chi connectivity index (χ3n) is 3.44. The van der Waals surface area contributed by atoms with E-state index in [9.17, 15) is 9.90 Å². The molecule has 4 heteroatoms. The number of carbonyl (C=O) groups is 1. The van der Waals surface area contributed by atoms with E-state index in [1.165, 1.54) is 6.42 Å². The van der Waals surface area contributed by atoms with Gasteiger partial charge in [0.05, 0.1) is 6.10 Å². The molecule has 4 nitrogen and oxygen atoms in total. The van der Waals surface area contributed by atoms with Gasteiger partial charge in [-0.05, 0) is 19.3 Å². The molecule has 0 aromatic heterocycles. The second-order valence-corrected chi connectivity index (χ2v) is 4.66. The van der Waals surface area contributed by atoms with E-state index in [1.807, 2.05) is 0 Å². The van der Waals surface area contributed by atoms with Crippen molar-refractivity contribution in [3.63, 3.8) is 0 Å². The fourth-order valence-corrected chi connectivity index (χ4v) is 2.48. The second-order valence-electron chi connectivity index (χ2n) is 4.66. The monoisotopic (exact) mass is 212 g/mol. The van der Waals surface area contributed by atoms with Gasteiger partial charge in [0.2, 0.25) is 5.91 Å². The number of piperidine rings is 1. The van der Waals surface area contributed by atoms with Crippen molar-refractivity contribution in [3.8, 4) is 0 Å². The molecule has 0 radical (unpaired) electrons. The molecule has 3 N–H and O–H groups in total. The zero-order chi connectivity index (χ0) is 10.7. The standard InChI is InChI=1S/C11H20N2O2/c14-10-4-2-1-3-9(10)13-8-5-6-11(15)12-7-8/h8-10,13-14H,1-7H2,(H,12,15). The third-order valence-corrected chi connectivity index (χ3v) is 3.44. The quantitative estimate of drug-likeness (QED) is 0.611. The van der Waals surface area contributed by atoms with Gasteiger partial charge in [-0.15, -0.1) is 0 Å². The largest absolute Gasteiger partial charge is 0.392 e. The number of rotatable bonds is 2. The molecule has 3 unspecified atom stereocenters. The number of hydrogen-bond acceptors (Lipinski definition) is 3. The van der Waals surface area contributed by atoms with E-state index >= 15 is 0 Å². The van der Waals surface area contributed by atoms with Gasteiger partial charge in [0, 0.05) is 25.0 Å². The normalized spacial score (nSPS) is 37.4. The zero-order valence-electron chi connectivity index (χ0n) is 9.04.